The van der Waals surface area contributed by atoms with E-state index in [9.17, 15) is 4.79 Å². The van der Waals surface area contributed by atoms with E-state index >= 15 is 0 Å². The van der Waals surface area contributed by atoms with E-state index in [1.165, 1.54) is 11.2 Å². The van der Waals surface area contributed by atoms with Gasteiger partial charge in [-0.05, 0) is 25.1 Å². The average molecular weight is 331 g/mol. The maximum absolute atomic E-state index is 11.5. The van der Waals surface area contributed by atoms with Gasteiger partial charge in [0.25, 0.3) is 0 Å². The van der Waals surface area contributed by atoms with Gasteiger partial charge in [-0.1, -0.05) is 23.2 Å². The molecule has 0 aromatic heterocycles. The van der Waals surface area contributed by atoms with Gasteiger partial charge in [0.1, 0.15) is 5.16 Å². The van der Waals surface area contributed by atoms with Crippen LogP contribution in [-0.2, 0) is 9.53 Å². The van der Waals surface area contributed by atoms with Crippen molar-refractivity contribution in [1.82, 2.24) is 0 Å². The quantitative estimate of drug-likeness (QED) is 0.250. The van der Waals surface area contributed by atoms with Crippen LogP contribution < -0.4 is 22.3 Å². The minimum Gasteiger partial charge on any atom is -0.463 e. The number of hydrazine groups is 1. The molecule has 0 unspecified atom stereocenters. The van der Waals surface area contributed by atoms with E-state index in [-0.39, 0.29) is 17.5 Å². The molecule has 21 heavy (non-hydrogen) atoms. The second-order valence-electron chi connectivity index (χ2n) is 3.93. The first-order valence-electron chi connectivity index (χ1n) is 5.95. The Morgan fingerprint density at radius 2 is 2.10 bits per heavy atom. The van der Waals surface area contributed by atoms with Crippen LogP contribution >= 0.6 is 23.2 Å². The molecule has 0 fully saturated rings. The minimum absolute atomic E-state index is 0.00802. The SMILES string of the molecule is CCOC(=O)/C=C(\N)c1cc(Cl)ccc1N(N)/C=C(\N)Cl. The molecule has 1 rings (SSSR count). The number of hydrogen-bond acceptors (Lipinski definition) is 6. The Morgan fingerprint density at radius 1 is 1.43 bits per heavy atom. The molecule has 0 bridgehead atoms. The number of carbonyl (C=O) groups excluding carboxylic acids is 1. The third-order valence-electron chi connectivity index (χ3n) is 2.37. The Kier molecular flexibility index (Phi) is 6.36. The van der Waals surface area contributed by atoms with E-state index in [2.05, 4.69) is 0 Å². The summed E-state index contributed by atoms with van der Waals surface area (Å²) >= 11 is 11.5. The zero-order chi connectivity index (χ0) is 16.0. The highest BCUT2D eigenvalue weighted by molar-refractivity contribution is 6.31. The maximum Gasteiger partial charge on any atom is 0.332 e. The third-order valence-corrected chi connectivity index (χ3v) is 2.70. The monoisotopic (exact) mass is 330 g/mol. The largest absolute Gasteiger partial charge is 0.463 e. The van der Waals surface area contributed by atoms with Crippen molar-refractivity contribution in [2.75, 3.05) is 11.6 Å². The molecule has 0 saturated carbocycles. The molecule has 0 spiro atoms. The van der Waals surface area contributed by atoms with Crippen molar-refractivity contribution in [3.05, 3.63) is 46.2 Å². The van der Waals surface area contributed by atoms with Crippen molar-refractivity contribution >= 4 is 40.6 Å². The summed E-state index contributed by atoms with van der Waals surface area (Å²) in [7, 11) is 0. The van der Waals surface area contributed by atoms with E-state index in [0.29, 0.717) is 16.3 Å². The van der Waals surface area contributed by atoms with Gasteiger partial charge in [-0.3, -0.25) is 5.01 Å². The van der Waals surface area contributed by atoms with Crippen LogP contribution in [0.5, 0.6) is 0 Å². The van der Waals surface area contributed by atoms with Crippen molar-refractivity contribution in [2.24, 2.45) is 17.3 Å². The van der Waals surface area contributed by atoms with Crippen LogP contribution in [0.1, 0.15) is 12.5 Å². The van der Waals surface area contributed by atoms with Crippen molar-refractivity contribution in [2.45, 2.75) is 6.92 Å². The second kappa shape index (κ2) is 7.78. The number of nitrogens with zero attached hydrogens (tertiary/aromatic N) is 1. The molecule has 0 amide bonds. The Balaban J connectivity index is 3.24. The molecule has 0 aliphatic rings. The van der Waals surface area contributed by atoms with Crippen molar-refractivity contribution in [3.63, 3.8) is 0 Å². The lowest BCUT2D eigenvalue weighted by atomic mass is 10.1. The summed E-state index contributed by atoms with van der Waals surface area (Å²) in [6.07, 6.45) is 2.45. The number of anilines is 1. The fraction of sp³-hybridized carbons (Fsp3) is 0.154. The number of halogens is 2. The van der Waals surface area contributed by atoms with Crippen molar-refractivity contribution < 1.29 is 9.53 Å². The molecule has 0 atom stereocenters. The number of nitrogens with two attached hydrogens (primary N) is 3. The maximum atomic E-state index is 11.5. The van der Waals surface area contributed by atoms with E-state index < -0.39 is 5.97 Å². The fourth-order valence-electron chi connectivity index (χ4n) is 1.56. The molecular formula is C13H16Cl2N4O2. The summed E-state index contributed by atoms with van der Waals surface area (Å²) in [5.41, 5.74) is 12.3. The lowest BCUT2D eigenvalue weighted by molar-refractivity contribution is -0.137. The zero-order valence-corrected chi connectivity index (χ0v) is 12.9. The summed E-state index contributed by atoms with van der Waals surface area (Å²) in [5.74, 6) is 5.27. The lowest BCUT2D eigenvalue weighted by Gasteiger charge is -2.18. The molecule has 114 valence electrons. The number of benzene rings is 1. The Hall–Kier alpha value is -1.89. The summed E-state index contributed by atoms with van der Waals surface area (Å²) in [5, 5.41) is 1.61. The van der Waals surface area contributed by atoms with Crippen LogP contribution in [0.15, 0.2) is 35.6 Å². The zero-order valence-electron chi connectivity index (χ0n) is 11.3. The number of ether oxygens (including phenoxy) is 1. The highest BCUT2D eigenvalue weighted by Crippen LogP contribution is 2.27. The molecule has 1 aromatic rings. The van der Waals surface area contributed by atoms with Crippen LogP contribution in [0, 0.1) is 0 Å². The van der Waals surface area contributed by atoms with Crippen LogP contribution in [-0.4, -0.2) is 12.6 Å². The molecule has 6 nitrogen and oxygen atoms in total. The molecule has 1 aromatic carbocycles. The molecule has 0 heterocycles. The predicted molar refractivity (Wildman–Crippen MR) is 85.0 cm³/mol. The van der Waals surface area contributed by atoms with Crippen molar-refractivity contribution in [3.8, 4) is 0 Å². The van der Waals surface area contributed by atoms with Gasteiger partial charge in [0.2, 0.25) is 0 Å². The van der Waals surface area contributed by atoms with E-state index in [0.717, 1.165) is 6.08 Å². The van der Waals surface area contributed by atoms with E-state index in [1.54, 1.807) is 25.1 Å². The summed E-state index contributed by atoms with van der Waals surface area (Å²) < 4.78 is 4.80. The van der Waals surface area contributed by atoms with Crippen LogP contribution in [0.25, 0.3) is 5.70 Å². The highest BCUT2D eigenvalue weighted by Gasteiger charge is 2.11. The minimum atomic E-state index is -0.558. The number of esters is 1. The summed E-state index contributed by atoms with van der Waals surface area (Å²) in [6, 6.07) is 4.82. The molecule has 8 heteroatoms. The first-order valence-corrected chi connectivity index (χ1v) is 6.71. The molecule has 0 saturated heterocycles. The number of carbonyl (C=O) groups is 1. The van der Waals surface area contributed by atoms with Crippen LogP contribution in [0.3, 0.4) is 0 Å². The van der Waals surface area contributed by atoms with Gasteiger partial charge in [0.05, 0.1) is 18.5 Å². The van der Waals surface area contributed by atoms with Gasteiger partial charge >= 0.3 is 5.97 Å². The smallest absolute Gasteiger partial charge is 0.332 e. The Bertz CT molecular complexity index is 584. The Morgan fingerprint density at radius 3 is 2.67 bits per heavy atom. The van der Waals surface area contributed by atoms with Crippen molar-refractivity contribution in [1.29, 1.82) is 0 Å². The molecule has 0 aliphatic carbocycles. The first-order chi connectivity index (χ1) is 9.85. The lowest BCUT2D eigenvalue weighted by Crippen LogP contribution is -2.27. The van der Waals surface area contributed by atoms with Gasteiger partial charge in [0, 0.05) is 22.4 Å². The molecule has 0 radical (unpaired) electrons. The summed E-state index contributed by atoms with van der Waals surface area (Å²) in [4.78, 5) is 11.5. The van der Waals surface area contributed by atoms with Crippen LogP contribution in [0.2, 0.25) is 5.02 Å². The van der Waals surface area contributed by atoms with Gasteiger partial charge < -0.3 is 16.2 Å². The van der Waals surface area contributed by atoms with E-state index in [4.69, 9.17) is 45.2 Å². The standard InChI is InChI=1S/C13H16Cl2N4O2/c1-2-21-13(20)6-10(16)9-5-8(14)3-4-11(9)19(18)7-12(15)17/h3-7H,2,16-18H2,1H3/b10-6-,12-7-. The normalized spacial score (nSPS) is 12.2. The Labute approximate surface area is 132 Å². The third kappa shape index (κ3) is 5.18. The van der Waals surface area contributed by atoms with Gasteiger partial charge in [-0.15, -0.1) is 0 Å². The van der Waals surface area contributed by atoms with E-state index in [1.807, 2.05) is 0 Å². The first kappa shape index (κ1) is 17.2. The van der Waals surface area contributed by atoms with Gasteiger partial charge in [-0.25, -0.2) is 10.6 Å². The van der Waals surface area contributed by atoms with Crippen LogP contribution in [0.4, 0.5) is 5.69 Å². The number of rotatable bonds is 5. The highest BCUT2D eigenvalue weighted by atomic mass is 35.5. The van der Waals surface area contributed by atoms with Gasteiger partial charge in [-0.2, -0.15) is 0 Å². The molecule has 0 aliphatic heterocycles. The predicted octanol–water partition coefficient (Wildman–Crippen LogP) is 1.88. The number of hydrogen-bond donors (Lipinski definition) is 3. The average Bonchev–Trinajstić information content (AvgIpc) is 2.37. The topological polar surface area (TPSA) is 108 Å². The fourth-order valence-corrected chi connectivity index (χ4v) is 1.83. The second-order valence-corrected chi connectivity index (χ2v) is 4.81. The van der Waals surface area contributed by atoms with Gasteiger partial charge in [0.15, 0.2) is 0 Å². The molecule has 6 N–H and O–H groups in total. The summed E-state index contributed by atoms with van der Waals surface area (Å²) in [6.45, 7) is 1.95. The molecular weight excluding hydrogens is 315 g/mol.